The summed E-state index contributed by atoms with van der Waals surface area (Å²) in [5.41, 5.74) is 3.44. The van der Waals surface area contributed by atoms with Gasteiger partial charge in [0.25, 0.3) is 0 Å². The van der Waals surface area contributed by atoms with Crippen LogP contribution in [0.3, 0.4) is 0 Å². The molecule has 1 aliphatic carbocycles. The van der Waals surface area contributed by atoms with E-state index in [1.807, 2.05) is 24.3 Å². The third-order valence-corrected chi connectivity index (χ3v) is 8.00. The summed E-state index contributed by atoms with van der Waals surface area (Å²) in [4.78, 5) is 22.9. The highest BCUT2D eigenvalue weighted by molar-refractivity contribution is 6.31. The number of ether oxygens (including phenoxy) is 4. The first-order valence-electron chi connectivity index (χ1n) is 13.2. The Balaban J connectivity index is 1.43. The molecular weight excluding hydrogens is 492 g/mol. The van der Waals surface area contributed by atoms with Gasteiger partial charge in [-0.2, -0.15) is 0 Å². The molecule has 0 radical (unpaired) electrons. The van der Waals surface area contributed by atoms with Gasteiger partial charge in [0.1, 0.15) is 18.5 Å². The summed E-state index contributed by atoms with van der Waals surface area (Å²) < 4.78 is 23.0. The number of benzene rings is 2. The summed E-state index contributed by atoms with van der Waals surface area (Å²) in [7, 11) is 0. The van der Waals surface area contributed by atoms with E-state index in [0.717, 1.165) is 35.5 Å². The molecule has 0 aromatic heterocycles. The Hall–Kier alpha value is -2.57. The van der Waals surface area contributed by atoms with E-state index in [1.54, 1.807) is 0 Å². The van der Waals surface area contributed by atoms with E-state index in [4.69, 9.17) is 30.5 Å². The SMILES string of the molecule is CCC1(COc2ccc(Cc3cc(C4CC(OC(C)=O)CC(COC(C)=O)O4)ccc3Cl)cc2)CCC1. The molecule has 0 spiro atoms. The molecule has 6 nitrogen and oxygen atoms in total. The number of rotatable bonds is 10. The van der Waals surface area contributed by atoms with Crippen LogP contribution in [0.15, 0.2) is 42.5 Å². The second-order valence-electron chi connectivity index (χ2n) is 10.4. The van der Waals surface area contributed by atoms with Crippen molar-refractivity contribution in [3.8, 4) is 5.75 Å². The lowest BCUT2D eigenvalue weighted by atomic mass is 9.68. The molecule has 1 saturated carbocycles. The van der Waals surface area contributed by atoms with Crippen LogP contribution in [0.2, 0.25) is 5.02 Å². The topological polar surface area (TPSA) is 71.1 Å². The van der Waals surface area contributed by atoms with Crippen LogP contribution < -0.4 is 4.74 Å². The second kappa shape index (κ2) is 12.3. The molecule has 0 N–H and O–H groups in total. The molecule has 7 heteroatoms. The molecule has 3 unspecified atom stereocenters. The van der Waals surface area contributed by atoms with E-state index in [0.29, 0.717) is 29.7 Å². The first kappa shape index (κ1) is 27.5. The zero-order chi connectivity index (χ0) is 26.4. The molecule has 1 saturated heterocycles. The third-order valence-electron chi connectivity index (χ3n) is 7.63. The Morgan fingerprint density at radius 1 is 1.05 bits per heavy atom. The summed E-state index contributed by atoms with van der Waals surface area (Å²) in [5, 5.41) is 0.683. The van der Waals surface area contributed by atoms with Crippen LogP contribution in [-0.4, -0.2) is 37.4 Å². The molecule has 2 aromatic carbocycles. The van der Waals surface area contributed by atoms with E-state index in [-0.39, 0.29) is 36.9 Å². The fraction of sp³-hybridized carbons (Fsp3) is 0.533. The quantitative estimate of drug-likeness (QED) is 0.323. The standard InChI is InChI=1S/C30H37ClO6/c1-4-30(12-5-13-30)19-35-25-9-6-22(7-10-25)14-24-15-23(8-11-28(24)31)29-17-26(36-21(3)33)16-27(37-29)18-34-20(2)32/h6-11,15,26-27,29H,4-5,12-14,16-19H2,1-3H3. The van der Waals surface area contributed by atoms with Crippen molar-refractivity contribution in [3.63, 3.8) is 0 Å². The Morgan fingerprint density at radius 3 is 2.43 bits per heavy atom. The van der Waals surface area contributed by atoms with Gasteiger partial charge in [0.05, 0.1) is 18.8 Å². The van der Waals surface area contributed by atoms with Crippen molar-refractivity contribution >= 4 is 23.5 Å². The van der Waals surface area contributed by atoms with Crippen molar-refractivity contribution in [2.24, 2.45) is 5.41 Å². The zero-order valence-electron chi connectivity index (χ0n) is 22.0. The maximum atomic E-state index is 11.6. The van der Waals surface area contributed by atoms with Gasteiger partial charge in [-0.15, -0.1) is 0 Å². The van der Waals surface area contributed by atoms with Gasteiger partial charge in [0.2, 0.25) is 0 Å². The van der Waals surface area contributed by atoms with Crippen molar-refractivity contribution in [1.29, 1.82) is 0 Å². The van der Waals surface area contributed by atoms with E-state index >= 15 is 0 Å². The summed E-state index contributed by atoms with van der Waals surface area (Å²) in [6, 6.07) is 14.1. The maximum Gasteiger partial charge on any atom is 0.302 e. The highest BCUT2D eigenvalue weighted by atomic mass is 35.5. The molecular formula is C30H37ClO6. The van der Waals surface area contributed by atoms with Gasteiger partial charge in [0.15, 0.2) is 0 Å². The minimum Gasteiger partial charge on any atom is -0.493 e. The summed E-state index contributed by atoms with van der Waals surface area (Å²) in [6.45, 7) is 5.92. The number of hydrogen-bond donors (Lipinski definition) is 0. The molecule has 0 amide bonds. The van der Waals surface area contributed by atoms with Gasteiger partial charge in [-0.1, -0.05) is 49.2 Å². The lowest BCUT2D eigenvalue weighted by molar-refractivity contribution is -0.169. The van der Waals surface area contributed by atoms with Crippen molar-refractivity contribution < 1.29 is 28.5 Å². The number of hydrogen-bond acceptors (Lipinski definition) is 6. The first-order valence-corrected chi connectivity index (χ1v) is 13.6. The van der Waals surface area contributed by atoms with Gasteiger partial charge in [-0.05, 0) is 60.6 Å². The van der Waals surface area contributed by atoms with E-state index in [1.165, 1.54) is 33.1 Å². The van der Waals surface area contributed by atoms with Crippen molar-refractivity contribution in [3.05, 3.63) is 64.2 Å². The molecule has 200 valence electrons. The molecule has 0 bridgehead atoms. The van der Waals surface area contributed by atoms with Gasteiger partial charge < -0.3 is 18.9 Å². The molecule has 4 rings (SSSR count). The van der Waals surface area contributed by atoms with Crippen LogP contribution in [0.5, 0.6) is 5.75 Å². The van der Waals surface area contributed by atoms with Crippen LogP contribution in [0.25, 0.3) is 0 Å². The molecule has 2 aromatic rings. The van der Waals surface area contributed by atoms with Crippen LogP contribution >= 0.6 is 11.6 Å². The van der Waals surface area contributed by atoms with Crippen LogP contribution in [-0.2, 0) is 30.2 Å². The Morgan fingerprint density at radius 2 is 1.81 bits per heavy atom. The number of halogens is 1. The largest absolute Gasteiger partial charge is 0.493 e. The molecule has 37 heavy (non-hydrogen) atoms. The highest BCUT2D eigenvalue weighted by Crippen LogP contribution is 2.44. The highest BCUT2D eigenvalue weighted by Gasteiger charge is 2.36. The molecule has 1 heterocycles. The predicted octanol–water partition coefficient (Wildman–Crippen LogP) is 6.60. The minimum atomic E-state index is -0.368. The summed E-state index contributed by atoms with van der Waals surface area (Å²) in [6.07, 6.45) is 5.70. The van der Waals surface area contributed by atoms with Crippen molar-refractivity contribution in [2.75, 3.05) is 13.2 Å². The maximum absolute atomic E-state index is 11.6. The molecule has 2 aliphatic rings. The van der Waals surface area contributed by atoms with Gasteiger partial charge in [0, 0.05) is 37.1 Å². The average molecular weight is 529 g/mol. The van der Waals surface area contributed by atoms with Crippen LogP contribution in [0.1, 0.15) is 82.1 Å². The average Bonchev–Trinajstić information content (AvgIpc) is 2.84. The Labute approximate surface area is 224 Å². The normalized spacial score (nSPS) is 22.5. The Bertz CT molecular complexity index is 1070. The second-order valence-corrected chi connectivity index (χ2v) is 10.8. The fourth-order valence-electron chi connectivity index (χ4n) is 5.20. The predicted molar refractivity (Wildman–Crippen MR) is 142 cm³/mol. The Kier molecular flexibility index (Phi) is 9.14. The lowest BCUT2D eigenvalue weighted by Gasteiger charge is -2.40. The summed E-state index contributed by atoms with van der Waals surface area (Å²) >= 11 is 6.57. The minimum absolute atomic E-state index is 0.123. The molecule has 1 aliphatic heterocycles. The monoisotopic (exact) mass is 528 g/mol. The van der Waals surface area contributed by atoms with E-state index in [9.17, 15) is 9.59 Å². The number of carbonyl (C=O) groups excluding carboxylic acids is 2. The van der Waals surface area contributed by atoms with Gasteiger partial charge >= 0.3 is 11.9 Å². The van der Waals surface area contributed by atoms with Gasteiger partial charge in [-0.3, -0.25) is 9.59 Å². The third kappa shape index (κ3) is 7.48. The van der Waals surface area contributed by atoms with Crippen LogP contribution in [0.4, 0.5) is 0 Å². The first-order chi connectivity index (χ1) is 17.7. The van der Waals surface area contributed by atoms with Gasteiger partial charge in [-0.25, -0.2) is 0 Å². The lowest BCUT2D eigenvalue weighted by Crippen LogP contribution is -2.36. The molecule has 3 atom stereocenters. The van der Waals surface area contributed by atoms with Crippen molar-refractivity contribution in [1.82, 2.24) is 0 Å². The van der Waals surface area contributed by atoms with E-state index in [2.05, 4.69) is 25.1 Å². The molecule has 2 fully saturated rings. The smallest absolute Gasteiger partial charge is 0.302 e. The van der Waals surface area contributed by atoms with E-state index < -0.39 is 0 Å². The zero-order valence-corrected chi connectivity index (χ0v) is 22.7. The van der Waals surface area contributed by atoms with Crippen molar-refractivity contribution in [2.45, 2.75) is 84.0 Å². The fourth-order valence-corrected chi connectivity index (χ4v) is 5.39. The van der Waals surface area contributed by atoms with Crippen LogP contribution in [0, 0.1) is 5.41 Å². The number of esters is 2. The number of carbonyl (C=O) groups is 2. The summed E-state index contributed by atoms with van der Waals surface area (Å²) in [5.74, 6) is 0.195.